The first-order valence-corrected chi connectivity index (χ1v) is 10.2. The predicted molar refractivity (Wildman–Crippen MR) is 101 cm³/mol. The van der Waals surface area contributed by atoms with Crippen LogP contribution in [0.15, 0.2) is 35.4 Å². The Hall–Kier alpha value is -2.06. The van der Waals surface area contributed by atoms with Crippen molar-refractivity contribution in [1.29, 1.82) is 0 Å². The molecule has 26 heavy (non-hydrogen) atoms. The molecule has 0 aliphatic carbocycles. The summed E-state index contributed by atoms with van der Waals surface area (Å²) in [7, 11) is -1.88. The highest BCUT2D eigenvalue weighted by molar-refractivity contribution is 7.89. The molecule has 1 aromatic heterocycles. The van der Waals surface area contributed by atoms with E-state index in [9.17, 15) is 8.42 Å². The van der Waals surface area contributed by atoms with E-state index in [1.165, 1.54) is 0 Å². The monoisotopic (exact) mass is 378 g/mol. The maximum Gasteiger partial charge on any atom is 0.246 e. The smallest absolute Gasteiger partial charge is 0.246 e. The zero-order chi connectivity index (χ0) is 18.9. The average molecular weight is 378 g/mol. The van der Waals surface area contributed by atoms with Crippen LogP contribution in [0, 0.1) is 6.92 Å². The van der Waals surface area contributed by atoms with Crippen LogP contribution in [0.5, 0.6) is 5.75 Å². The second-order valence-electron chi connectivity index (χ2n) is 6.74. The van der Waals surface area contributed by atoms with Gasteiger partial charge in [0.25, 0.3) is 0 Å². The molecule has 0 amide bonds. The van der Waals surface area contributed by atoms with Crippen LogP contribution in [-0.2, 0) is 10.0 Å². The van der Waals surface area contributed by atoms with E-state index in [4.69, 9.17) is 4.74 Å². The van der Waals surface area contributed by atoms with Gasteiger partial charge in [-0.1, -0.05) is 0 Å². The fourth-order valence-corrected chi connectivity index (χ4v) is 4.68. The molecule has 3 rings (SSSR count). The highest BCUT2D eigenvalue weighted by atomic mass is 32.2. The third kappa shape index (κ3) is 3.57. The van der Waals surface area contributed by atoms with Crippen LogP contribution >= 0.6 is 0 Å². The van der Waals surface area contributed by atoms with Crippen molar-refractivity contribution >= 4 is 15.7 Å². The van der Waals surface area contributed by atoms with Gasteiger partial charge in [-0.15, -0.1) is 0 Å². The lowest BCUT2D eigenvalue weighted by Gasteiger charge is -2.35. The third-order valence-electron chi connectivity index (χ3n) is 4.69. The largest absolute Gasteiger partial charge is 0.497 e. The van der Waals surface area contributed by atoms with E-state index < -0.39 is 10.0 Å². The molecule has 0 saturated carbocycles. The normalized spacial score (nSPS) is 16.3. The van der Waals surface area contributed by atoms with E-state index >= 15 is 0 Å². The molecule has 1 aromatic carbocycles. The fraction of sp³-hybridized carbons (Fsp3) is 0.500. The fourth-order valence-electron chi connectivity index (χ4n) is 3.10. The van der Waals surface area contributed by atoms with Gasteiger partial charge in [-0.3, -0.25) is 4.68 Å². The van der Waals surface area contributed by atoms with Gasteiger partial charge >= 0.3 is 0 Å². The van der Waals surface area contributed by atoms with E-state index in [-0.39, 0.29) is 6.04 Å². The number of rotatable bonds is 5. The molecule has 2 aromatic rings. The maximum absolute atomic E-state index is 13.0. The summed E-state index contributed by atoms with van der Waals surface area (Å²) in [6, 6.07) is 7.97. The number of nitrogens with zero attached hydrogens (tertiary/aromatic N) is 4. The number of ether oxygens (including phenoxy) is 1. The average Bonchev–Trinajstić information content (AvgIpc) is 3.05. The van der Waals surface area contributed by atoms with Gasteiger partial charge in [0.1, 0.15) is 10.6 Å². The summed E-state index contributed by atoms with van der Waals surface area (Å²) in [6.07, 6.45) is 1.64. The summed E-state index contributed by atoms with van der Waals surface area (Å²) >= 11 is 0. The van der Waals surface area contributed by atoms with Crippen molar-refractivity contribution in [1.82, 2.24) is 14.1 Å². The van der Waals surface area contributed by atoms with E-state index in [2.05, 4.69) is 10.00 Å². The molecule has 0 spiro atoms. The summed E-state index contributed by atoms with van der Waals surface area (Å²) in [5, 5.41) is 4.34. The minimum Gasteiger partial charge on any atom is -0.497 e. The first-order chi connectivity index (χ1) is 12.3. The van der Waals surface area contributed by atoms with Crippen molar-refractivity contribution in [3.63, 3.8) is 0 Å². The van der Waals surface area contributed by atoms with Crippen molar-refractivity contribution in [2.75, 3.05) is 38.2 Å². The van der Waals surface area contributed by atoms with E-state index in [1.54, 1.807) is 29.2 Å². The van der Waals surface area contributed by atoms with Gasteiger partial charge in [-0.2, -0.15) is 9.40 Å². The molecule has 1 fully saturated rings. The Morgan fingerprint density at radius 2 is 1.69 bits per heavy atom. The molecule has 7 nitrogen and oxygen atoms in total. The molecule has 0 atom stereocenters. The van der Waals surface area contributed by atoms with Crippen LogP contribution in [-0.4, -0.2) is 55.8 Å². The first-order valence-electron chi connectivity index (χ1n) is 8.78. The molecule has 0 unspecified atom stereocenters. The van der Waals surface area contributed by atoms with Crippen LogP contribution in [0.25, 0.3) is 0 Å². The zero-order valence-corrected chi connectivity index (χ0v) is 16.5. The Labute approximate surface area is 155 Å². The molecule has 8 heteroatoms. The van der Waals surface area contributed by atoms with Crippen LogP contribution in [0.1, 0.15) is 25.6 Å². The van der Waals surface area contributed by atoms with Crippen LogP contribution in [0.3, 0.4) is 0 Å². The van der Waals surface area contributed by atoms with Crippen molar-refractivity contribution in [3.05, 3.63) is 36.2 Å². The van der Waals surface area contributed by atoms with Crippen LogP contribution in [0.2, 0.25) is 0 Å². The Morgan fingerprint density at radius 3 is 2.19 bits per heavy atom. The molecule has 2 heterocycles. The Morgan fingerprint density at radius 1 is 1.08 bits per heavy atom. The van der Waals surface area contributed by atoms with Crippen LogP contribution < -0.4 is 9.64 Å². The summed E-state index contributed by atoms with van der Waals surface area (Å²) in [4.78, 5) is 2.50. The summed E-state index contributed by atoms with van der Waals surface area (Å²) in [5.41, 5.74) is 1.63. The van der Waals surface area contributed by atoms with E-state index in [0.717, 1.165) is 11.4 Å². The molecular formula is C18H26N4O3S. The number of sulfonamides is 1. The van der Waals surface area contributed by atoms with E-state index in [0.29, 0.717) is 36.8 Å². The number of aromatic nitrogens is 2. The molecular weight excluding hydrogens is 352 g/mol. The zero-order valence-electron chi connectivity index (χ0n) is 15.7. The number of hydrogen-bond acceptors (Lipinski definition) is 5. The molecule has 0 bridgehead atoms. The third-order valence-corrected chi connectivity index (χ3v) is 6.70. The van der Waals surface area contributed by atoms with Gasteiger partial charge in [0.2, 0.25) is 10.0 Å². The van der Waals surface area contributed by atoms with Gasteiger partial charge in [0.15, 0.2) is 0 Å². The molecule has 0 N–H and O–H groups in total. The molecule has 1 aliphatic heterocycles. The number of hydrogen-bond donors (Lipinski definition) is 0. The highest BCUT2D eigenvalue weighted by Crippen LogP contribution is 2.24. The number of benzene rings is 1. The maximum atomic E-state index is 13.0. The Bertz CT molecular complexity index is 851. The van der Waals surface area contributed by atoms with Gasteiger partial charge in [0, 0.05) is 44.1 Å². The SMILES string of the molecule is COc1ccc(N2CCN(S(=O)(=O)c3cn(C(C)C)nc3C)CC2)cc1. The lowest BCUT2D eigenvalue weighted by molar-refractivity contribution is 0.384. The van der Waals surface area contributed by atoms with Gasteiger partial charge in [-0.25, -0.2) is 8.42 Å². The summed E-state index contributed by atoms with van der Waals surface area (Å²) in [6.45, 7) is 7.94. The Kier molecular flexibility index (Phi) is 5.24. The first kappa shape index (κ1) is 18.7. The quantitative estimate of drug-likeness (QED) is 0.799. The van der Waals surface area contributed by atoms with Gasteiger partial charge in [-0.05, 0) is 45.0 Å². The standard InChI is InChI=1S/C18H26N4O3S/c1-14(2)22-13-18(15(3)19-22)26(23,24)21-11-9-20(10-12-21)16-5-7-17(25-4)8-6-16/h5-8,13-14H,9-12H2,1-4H3. The van der Waals surface area contributed by atoms with Gasteiger partial charge in [0.05, 0.1) is 12.8 Å². The summed E-state index contributed by atoms with van der Waals surface area (Å²) < 4.78 is 34.5. The predicted octanol–water partition coefficient (Wildman–Crippen LogP) is 2.29. The van der Waals surface area contributed by atoms with Crippen molar-refractivity contribution in [2.24, 2.45) is 0 Å². The van der Waals surface area contributed by atoms with E-state index in [1.807, 2.05) is 38.1 Å². The second-order valence-corrected chi connectivity index (χ2v) is 8.65. The molecule has 1 saturated heterocycles. The topological polar surface area (TPSA) is 67.7 Å². The molecule has 0 radical (unpaired) electrons. The van der Waals surface area contributed by atoms with Crippen molar-refractivity contribution in [3.8, 4) is 5.75 Å². The number of aryl methyl sites for hydroxylation is 1. The second kappa shape index (κ2) is 7.28. The Balaban J connectivity index is 1.72. The highest BCUT2D eigenvalue weighted by Gasteiger charge is 2.31. The number of methoxy groups -OCH3 is 1. The van der Waals surface area contributed by atoms with Crippen LogP contribution in [0.4, 0.5) is 5.69 Å². The lowest BCUT2D eigenvalue weighted by atomic mass is 10.2. The lowest BCUT2D eigenvalue weighted by Crippen LogP contribution is -2.48. The molecule has 142 valence electrons. The minimum absolute atomic E-state index is 0.129. The van der Waals surface area contributed by atoms with Gasteiger partial charge < -0.3 is 9.64 Å². The number of anilines is 1. The number of piperazine rings is 1. The van der Waals surface area contributed by atoms with Crippen molar-refractivity contribution < 1.29 is 13.2 Å². The summed E-state index contributed by atoms with van der Waals surface area (Å²) in [5.74, 6) is 0.813. The minimum atomic E-state index is -3.52. The molecule has 1 aliphatic rings. The van der Waals surface area contributed by atoms with Crippen molar-refractivity contribution in [2.45, 2.75) is 31.7 Å².